The van der Waals surface area contributed by atoms with Crippen LogP contribution >= 0.6 is 11.6 Å². The second kappa shape index (κ2) is 4.28. The van der Waals surface area contributed by atoms with Crippen molar-refractivity contribution in [3.63, 3.8) is 0 Å². The van der Waals surface area contributed by atoms with Gasteiger partial charge in [0.1, 0.15) is 0 Å². The van der Waals surface area contributed by atoms with Gasteiger partial charge in [-0.15, -0.1) is 0 Å². The summed E-state index contributed by atoms with van der Waals surface area (Å²) in [5.41, 5.74) is -0.00248. The van der Waals surface area contributed by atoms with E-state index in [0.717, 1.165) is 0 Å². The van der Waals surface area contributed by atoms with Gasteiger partial charge in [-0.3, -0.25) is 0 Å². The zero-order chi connectivity index (χ0) is 10.7. The fourth-order valence-corrected chi connectivity index (χ4v) is 1.07. The van der Waals surface area contributed by atoms with E-state index < -0.39 is 5.97 Å². The van der Waals surface area contributed by atoms with Crippen LogP contribution in [0.25, 0.3) is 0 Å². The van der Waals surface area contributed by atoms with Crippen molar-refractivity contribution < 1.29 is 14.6 Å². The van der Waals surface area contributed by atoms with Crippen LogP contribution in [0.4, 0.5) is 0 Å². The number of carbonyl (C=O) groups is 1. The third-order valence-corrected chi connectivity index (χ3v) is 1.72. The van der Waals surface area contributed by atoms with Crippen molar-refractivity contribution in [1.82, 2.24) is 4.98 Å². The van der Waals surface area contributed by atoms with Gasteiger partial charge in [0.15, 0.2) is 0 Å². The molecular formula is C9H10ClNO3. The number of rotatable bonds is 3. The van der Waals surface area contributed by atoms with Crippen LogP contribution in [0.15, 0.2) is 12.3 Å². The molecule has 1 aromatic rings. The van der Waals surface area contributed by atoms with Crippen LogP contribution in [0.3, 0.4) is 0 Å². The summed E-state index contributed by atoms with van der Waals surface area (Å²) in [5.74, 6) is -0.826. The maximum atomic E-state index is 10.7. The molecule has 0 aliphatic rings. The number of carboxylic acids is 1. The maximum absolute atomic E-state index is 10.7. The number of ether oxygens (including phenoxy) is 1. The number of nitrogens with zero attached hydrogens (tertiary/aromatic N) is 1. The number of hydrogen-bond acceptors (Lipinski definition) is 3. The zero-order valence-corrected chi connectivity index (χ0v) is 8.58. The summed E-state index contributed by atoms with van der Waals surface area (Å²) in [7, 11) is 0. The Morgan fingerprint density at radius 2 is 2.29 bits per heavy atom. The summed E-state index contributed by atoms with van der Waals surface area (Å²) in [6.07, 6.45) is 1.22. The van der Waals surface area contributed by atoms with Crippen LogP contribution in [0, 0.1) is 0 Å². The molecule has 0 unspecified atom stereocenters. The lowest BCUT2D eigenvalue weighted by Crippen LogP contribution is -2.08. The molecule has 1 heterocycles. The van der Waals surface area contributed by atoms with Crippen molar-refractivity contribution in [3.8, 4) is 5.88 Å². The van der Waals surface area contributed by atoms with Crippen molar-refractivity contribution in [2.45, 2.75) is 20.0 Å². The molecule has 0 bridgehead atoms. The Hall–Kier alpha value is -1.29. The van der Waals surface area contributed by atoms with Crippen molar-refractivity contribution >= 4 is 17.6 Å². The topological polar surface area (TPSA) is 59.4 Å². The van der Waals surface area contributed by atoms with Crippen LogP contribution in [0.5, 0.6) is 5.88 Å². The highest BCUT2D eigenvalue weighted by atomic mass is 35.5. The van der Waals surface area contributed by atoms with Gasteiger partial charge in [0, 0.05) is 6.07 Å². The lowest BCUT2D eigenvalue weighted by atomic mass is 10.3. The summed E-state index contributed by atoms with van der Waals surface area (Å²) in [5, 5.41) is 8.86. The molecule has 14 heavy (non-hydrogen) atoms. The Morgan fingerprint density at radius 1 is 1.64 bits per heavy atom. The highest BCUT2D eigenvalue weighted by molar-refractivity contribution is 6.33. The normalized spacial score (nSPS) is 10.3. The van der Waals surface area contributed by atoms with Crippen LogP contribution in [-0.4, -0.2) is 22.2 Å². The molecule has 0 saturated carbocycles. The van der Waals surface area contributed by atoms with Crippen molar-refractivity contribution in [2.75, 3.05) is 0 Å². The Morgan fingerprint density at radius 3 is 2.79 bits per heavy atom. The predicted octanol–water partition coefficient (Wildman–Crippen LogP) is 2.22. The summed E-state index contributed by atoms with van der Waals surface area (Å²) in [6.45, 7) is 3.66. The van der Waals surface area contributed by atoms with Crippen LogP contribution < -0.4 is 4.74 Å². The van der Waals surface area contributed by atoms with E-state index in [1.165, 1.54) is 12.3 Å². The number of halogens is 1. The SMILES string of the molecule is CC(C)Oc1cc(C(=O)O)c(Cl)cn1. The number of pyridine rings is 1. The van der Waals surface area contributed by atoms with E-state index in [1.54, 1.807) is 0 Å². The Kier molecular flexibility index (Phi) is 3.30. The summed E-state index contributed by atoms with van der Waals surface area (Å²) >= 11 is 5.63. The minimum atomic E-state index is -1.09. The molecule has 0 fully saturated rings. The lowest BCUT2D eigenvalue weighted by molar-refractivity contribution is 0.0696. The number of hydrogen-bond donors (Lipinski definition) is 1. The minimum Gasteiger partial charge on any atom is -0.478 e. The first-order valence-corrected chi connectivity index (χ1v) is 4.44. The minimum absolute atomic E-state index is 0.00248. The van der Waals surface area contributed by atoms with Crippen molar-refractivity contribution in [2.24, 2.45) is 0 Å². The van der Waals surface area contributed by atoms with Gasteiger partial charge in [0.25, 0.3) is 0 Å². The van der Waals surface area contributed by atoms with Gasteiger partial charge in [-0.25, -0.2) is 9.78 Å². The molecule has 0 spiro atoms. The van der Waals surface area contributed by atoms with E-state index >= 15 is 0 Å². The molecule has 1 aromatic heterocycles. The van der Waals surface area contributed by atoms with Crippen LogP contribution in [-0.2, 0) is 0 Å². The van der Waals surface area contributed by atoms with Crippen molar-refractivity contribution in [3.05, 3.63) is 22.8 Å². The molecule has 4 nitrogen and oxygen atoms in total. The van der Waals surface area contributed by atoms with E-state index in [2.05, 4.69) is 4.98 Å². The van der Waals surface area contributed by atoms with E-state index in [9.17, 15) is 4.79 Å². The maximum Gasteiger partial charge on any atom is 0.337 e. The lowest BCUT2D eigenvalue weighted by Gasteiger charge is -2.09. The fraction of sp³-hybridized carbons (Fsp3) is 0.333. The quantitative estimate of drug-likeness (QED) is 0.840. The Bertz CT molecular complexity index is 352. The Labute approximate surface area is 86.5 Å². The van der Waals surface area contributed by atoms with Gasteiger partial charge in [-0.1, -0.05) is 11.6 Å². The van der Waals surface area contributed by atoms with E-state index in [-0.39, 0.29) is 22.6 Å². The average molecular weight is 216 g/mol. The average Bonchev–Trinajstić information content (AvgIpc) is 2.07. The standard InChI is InChI=1S/C9H10ClNO3/c1-5(2)14-8-3-6(9(12)13)7(10)4-11-8/h3-5H,1-2H3,(H,12,13). The van der Waals surface area contributed by atoms with Gasteiger partial charge in [0.05, 0.1) is 22.9 Å². The predicted molar refractivity (Wildman–Crippen MR) is 52.0 cm³/mol. The fourth-order valence-electron chi connectivity index (χ4n) is 0.889. The third kappa shape index (κ3) is 2.60. The first-order valence-electron chi connectivity index (χ1n) is 4.06. The molecule has 0 radical (unpaired) electrons. The summed E-state index contributed by atoms with van der Waals surface area (Å²) in [6, 6.07) is 1.31. The second-order valence-corrected chi connectivity index (χ2v) is 3.38. The van der Waals surface area contributed by atoms with Gasteiger partial charge in [0.2, 0.25) is 5.88 Å². The third-order valence-electron chi connectivity index (χ3n) is 1.42. The summed E-state index contributed by atoms with van der Waals surface area (Å²) < 4.78 is 5.23. The number of carboxylic acid groups (broad SMARTS) is 1. The molecular weight excluding hydrogens is 206 g/mol. The molecule has 0 aliphatic heterocycles. The van der Waals surface area contributed by atoms with Gasteiger partial charge >= 0.3 is 5.97 Å². The second-order valence-electron chi connectivity index (χ2n) is 2.97. The monoisotopic (exact) mass is 215 g/mol. The highest BCUT2D eigenvalue weighted by Crippen LogP contribution is 2.19. The Balaban J connectivity index is 3.00. The van der Waals surface area contributed by atoms with Crippen LogP contribution in [0.2, 0.25) is 5.02 Å². The molecule has 1 N–H and O–H groups in total. The molecule has 0 saturated heterocycles. The molecule has 0 aromatic carbocycles. The van der Waals surface area contributed by atoms with Gasteiger partial charge < -0.3 is 9.84 Å². The van der Waals surface area contributed by atoms with Crippen molar-refractivity contribution in [1.29, 1.82) is 0 Å². The first-order chi connectivity index (χ1) is 6.50. The van der Waals surface area contributed by atoms with E-state index in [4.69, 9.17) is 21.4 Å². The summed E-state index contributed by atoms with van der Waals surface area (Å²) in [4.78, 5) is 14.5. The zero-order valence-electron chi connectivity index (χ0n) is 7.82. The smallest absolute Gasteiger partial charge is 0.337 e. The molecule has 1 rings (SSSR count). The van der Waals surface area contributed by atoms with E-state index in [1.807, 2.05) is 13.8 Å². The molecule has 0 atom stereocenters. The number of aromatic nitrogens is 1. The largest absolute Gasteiger partial charge is 0.478 e. The first kappa shape index (κ1) is 10.8. The molecule has 5 heteroatoms. The highest BCUT2D eigenvalue weighted by Gasteiger charge is 2.11. The molecule has 0 aliphatic carbocycles. The van der Waals surface area contributed by atoms with Gasteiger partial charge in [-0.05, 0) is 13.8 Å². The van der Waals surface area contributed by atoms with Gasteiger partial charge in [-0.2, -0.15) is 0 Å². The number of aromatic carboxylic acids is 1. The molecule has 76 valence electrons. The molecule has 0 amide bonds. The van der Waals surface area contributed by atoms with Crippen LogP contribution in [0.1, 0.15) is 24.2 Å². The van der Waals surface area contributed by atoms with E-state index in [0.29, 0.717) is 0 Å².